The molecule has 2 fully saturated rings. The zero-order chi connectivity index (χ0) is 39.8. The zero-order valence-electron chi connectivity index (χ0n) is 33.1. The van der Waals surface area contributed by atoms with Gasteiger partial charge < -0.3 is 20.6 Å². The number of nitrogens with one attached hydrogen (secondary N) is 2. The van der Waals surface area contributed by atoms with Gasteiger partial charge >= 0.3 is 5.91 Å². The number of hydrogen-bond donors (Lipinski definition) is 3. The third kappa shape index (κ3) is 6.96. The maximum absolute atomic E-state index is 14.9. The number of likely N-dealkylation sites (N-methyl/N-ethyl adjacent to an activating group) is 2. The summed E-state index contributed by atoms with van der Waals surface area (Å²) >= 11 is 0. The molecular formula is C46H51N8O3+. The predicted molar refractivity (Wildman–Crippen MR) is 225 cm³/mol. The molecule has 292 valence electrons. The minimum atomic E-state index is -0.656. The Morgan fingerprint density at radius 3 is 2.02 bits per heavy atom. The van der Waals surface area contributed by atoms with Gasteiger partial charge in [-0.15, -0.1) is 0 Å². The number of benzene rings is 4. The van der Waals surface area contributed by atoms with Gasteiger partial charge in [0.1, 0.15) is 17.6 Å². The Kier molecular flexibility index (Phi) is 10.4. The molecule has 2 saturated heterocycles. The van der Waals surface area contributed by atoms with E-state index in [4.69, 9.17) is 10.7 Å². The smallest absolute Gasteiger partial charge is 0.341 e. The fourth-order valence-corrected chi connectivity index (χ4v) is 9.26. The fraction of sp³-hybridized carbons (Fsp3) is 0.304. The van der Waals surface area contributed by atoms with Crippen LogP contribution >= 0.6 is 0 Å². The summed E-state index contributed by atoms with van der Waals surface area (Å²) in [5, 5.41) is 0.950. The summed E-state index contributed by atoms with van der Waals surface area (Å²) in [6, 6.07) is 34.4. The molecule has 6 aromatic rings. The van der Waals surface area contributed by atoms with Crippen molar-refractivity contribution in [1.29, 1.82) is 0 Å². The molecule has 2 aliphatic rings. The summed E-state index contributed by atoms with van der Waals surface area (Å²) < 4.78 is -0.111. The van der Waals surface area contributed by atoms with Crippen LogP contribution in [0, 0.1) is 0 Å². The normalized spacial score (nSPS) is 20.7. The number of rotatable bonds is 11. The maximum atomic E-state index is 14.9. The van der Waals surface area contributed by atoms with Crippen LogP contribution in [-0.2, 0) is 14.4 Å². The van der Waals surface area contributed by atoms with E-state index < -0.39 is 18.0 Å². The molecule has 0 radical (unpaired) electrons. The quantitative estimate of drug-likeness (QED) is 0.122. The molecule has 4 N–H and O–H groups in total. The highest BCUT2D eigenvalue weighted by Crippen LogP contribution is 2.41. The van der Waals surface area contributed by atoms with E-state index in [1.54, 1.807) is 0 Å². The van der Waals surface area contributed by atoms with Crippen LogP contribution in [0.2, 0.25) is 0 Å². The molecule has 0 aliphatic carbocycles. The summed E-state index contributed by atoms with van der Waals surface area (Å²) in [5.74, 6) is 0.370. The number of nitrogens with zero attached hydrogens (tertiary/aromatic N) is 5. The number of primary amides is 1. The molecule has 2 aromatic heterocycles. The minimum Gasteiger partial charge on any atom is -0.364 e. The number of H-pyrrole nitrogens is 2. The van der Waals surface area contributed by atoms with Gasteiger partial charge in [-0.1, -0.05) is 84.9 Å². The Balaban J connectivity index is 1.05. The van der Waals surface area contributed by atoms with Crippen LogP contribution in [0.4, 0.5) is 5.69 Å². The Hall–Kier alpha value is -5.88. The van der Waals surface area contributed by atoms with E-state index in [9.17, 15) is 14.4 Å². The highest BCUT2D eigenvalue weighted by atomic mass is 16.2. The molecule has 3 amide bonds. The van der Waals surface area contributed by atoms with Crippen molar-refractivity contribution >= 4 is 34.3 Å². The van der Waals surface area contributed by atoms with Crippen LogP contribution in [0.3, 0.4) is 0 Å². The second-order valence-corrected chi connectivity index (χ2v) is 15.9. The van der Waals surface area contributed by atoms with E-state index in [1.807, 2.05) is 128 Å². The molecular weight excluding hydrogens is 713 g/mol. The fourth-order valence-electron chi connectivity index (χ4n) is 9.26. The van der Waals surface area contributed by atoms with Crippen LogP contribution in [0.1, 0.15) is 60.8 Å². The Bertz CT molecular complexity index is 2390. The third-order valence-electron chi connectivity index (χ3n) is 12.0. The van der Waals surface area contributed by atoms with Crippen molar-refractivity contribution < 1.29 is 14.4 Å². The first-order valence-electron chi connectivity index (χ1n) is 19.8. The lowest BCUT2D eigenvalue weighted by molar-refractivity contribution is -0.140. The lowest BCUT2D eigenvalue weighted by Crippen LogP contribution is -2.64. The summed E-state index contributed by atoms with van der Waals surface area (Å²) in [5.41, 5.74) is 13.5. The maximum Gasteiger partial charge on any atom is 0.341 e. The molecule has 8 rings (SSSR count). The highest BCUT2D eigenvalue weighted by molar-refractivity contribution is 6.01. The molecule has 5 atom stereocenters. The average Bonchev–Trinajstić information content (AvgIpc) is 4.04. The van der Waals surface area contributed by atoms with Crippen molar-refractivity contribution in [3.63, 3.8) is 0 Å². The highest BCUT2D eigenvalue weighted by Gasteiger charge is 2.55. The second kappa shape index (κ2) is 15.6. The first-order chi connectivity index (χ1) is 27.6. The molecule has 11 nitrogen and oxygen atoms in total. The molecule has 2 aliphatic heterocycles. The Labute approximate surface area is 333 Å². The number of fused-ring (bicyclic) bond motifs is 1. The van der Waals surface area contributed by atoms with Crippen LogP contribution in [-0.4, -0.2) is 94.7 Å². The van der Waals surface area contributed by atoms with Crippen molar-refractivity contribution in [2.24, 2.45) is 5.73 Å². The molecule has 4 heterocycles. The van der Waals surface area contributed by atoms with E-state index in [2.05, 4.69) is 40.3 Å². The molecule has 4 aromatic carbocycles. The summed E-state index contributed by atoms with van der Waals surface area (Å²) in [4.78, 5) is 59.6. The van der Waals surface area contributed by atoms with E-state index in [0.29, 0.717) is 19.5 Å². The third-order valence-corrected chi connectivity index (χ3v) is 12.0. The molecule has 0 saturated carbocycles. The molecule has 0 spiro atoms. The number of nitrogens with two attached hydrogens (primary N) is 1. The number of hydrogen-bond acceptors (Lipinski definition) is 6. The number of quaternary nitrogens is 1. The average molecular weight is 764 g/mol. The van der Waals surface area contributed by atoms with Gasteiger partial charge in [-0.05, 0) is 75.4 Å². The van der Waals surface area contributed by atoms with Crippen LogP contribution < -0.4 is 10.2 Å². The number of imidazole rings is 1. The number of carbonyl (C=O) groups excluding carboxylic acids is 3. The van der Waals surface area contributed by atoms with Crippen molar-refractivity contribution in [2.75, 3.05) is 41.3 Å². The SMILES string of the molecule is CN(C)[C@H](C(=O)N1CCCC1c1ncc(-c2ccc(-c3cc4cc([N+]5(C(=O)[C@@H](c6ccccc6)N(C)C)CCC[C@H]5C(N)=O)ccc4[nH]3)cc2)[nH]1)c1ccccc1. The van der Waals surface area contributed by atoms with E-state index in [-0.39, 0.29) is 28.4 Å². The zero-order valence-corrected chi connectivity index (χ0v) is 33.1. The van der Waals surface area contributed by atoms with Gasteiger partial charge in [-0.3, -0.25) is 19.4 Å². The van der Waals surface area contributed by atoms with Crippen LogP contribution in [0.25, 0.3) is 33.4 Å². The van der Waals surface area contributed by atoms with Gasteiger partial charge in [0, 0.05) is 48.1 Å². The second-order valence-electron chi connectivity index (χ2n) is 15.9. The molecule has 0 bridgehead atoms. The molecule has 11 heteroatoms. The van der Waals surface area contributed by atoms with E-state index in [1.165, 1.54) is 0 Å². The standard InChI is InChI=1S/C46H50N8O3/c1-51(2)41(32-13-7-5-8-14-32)45(56)53-25-11-17-39(53)44-48-29-38(50-44)31-21-19-30(20-22-31)37-28-34-27-35(23-24-36(34)49-37)54(26-12-18-40(54)43(47)55)46(57)42(52(3)4)33-15-9-6-10-16-33/h5-10,13-16,19-24,27-29,39-42,49H,11-12,17-18,25-26H2,1-4H3,(H2-,47,48,50,55)/p+1/t39?,40-,41-,42+,54?/m0/s1. The van der Waals surface area contributed by atoms with Crippen molar-refractivity contribution in [3.8, 4) is 22.5 Å². The van der Waals surface area contributed by atoms with Gasteiger partial charge in [0.2, 0.25) is 5.91 Å². The minimum absolute atomic E-state index is 0.0580. The van der Waals surface area contributed by atoms with E-state index in [0.717, 1.165) is 75.3 Å². The van der Waals surface area contributed by atoms with Gasteiger partial charge in [-0.25, -0.2) is 14.3 Å². The van der Waals surface area contributed by atoms with E-state index >= 15 is 0 Å². The first-order valence-corrected chi connectivity index (χ1v) is 19.8. The van der Waals surface area contributed by atoms with Crippen LogP contribution in [0.15, 0.2) is 115 Å². The number of amides is 3. The summed E-state index contributed by atoms with van der Waals surface area (Å²) in [6.07, 6.45) is 4.91. The first kappa shape index (κ1) is 38.0. The number of aromatic amines is 2. The van der Waals surface area contributed by atoms with Gasteiger partial charge in [0.05, 0.1) is 24.5 Å². The van der Waals surface area contributed by atoms with Crippen molar-refractivity contribution in [2.45, 2.75) is 49.9 Å². The van der Waals surface area contributed by atoms with Gasteiger partial charge in [0.25, 0.3) is 5.91 Å². The number of carbonyl (C=O) groups is 3. The van der Waals surface area contributed by atoms with Crippen molar-refractivity contribution in [1.82, 2.24) is 34.1 Å². The summed E-state index contributed by atoms with van der Waals surface area (Å²) in [6.45, 7) is 1.20. The summed E-state index contributed by atoms with van der Waals surface area (Å²) in [7, 11) is 7.70. The van der Waals surface area contributed by atoms with Crippen LogP contribution in [0.5, 0.6) is 0 Å². The van der Waals surface area contributed by atoms with Gasteiger partial charge in [0.15, 0.2) is 12.1 Å². The lowest BCUT2D eigenvalue weighted by atomic mass is 10.00. The Morgan fingerprint density at radius 2 is 1.39 bits per heavy atom. The predicted octanol–water partition coefficient (Wildman–Crippen LogP) is 6.98. The topological polar surface area (TPSA) is 131 Å². The van der Waals surface area contributed by atoms with Gasteiger partial charge in [-0.2, -0.15) is 0 Å². The molecule has 57 heavy (non-hydrogen) atoms. The monoisotopic (exact) mass is 763 g/mol. The number of likely N-dealkylation sites (tertiary alicyclic amines) is 2. The number of aromatic nitrogens is 3. The Morgan fingerprint density at radius 1 is 0.754 bits per heavy atom. The van der Waals surface area contributed by atoms with Crippen molar-refractivity contribution in [3.05, 3.63) is 132 Å². The largest absolute Gasteiger partial charge is 0.364 e. The molecule has 2 unspecified atom stereocenters. The lowest BCUT2D eigenvalue weighted by Gasteiger charge is -2.39.